The molecule has 0 spiro atoms. The molecular weight excluding hydrogens is 324 g/mol. The van der Waals surface area contributed by atoms with Crippen molar-refractivity contribution in [1.82, 2.24) is 0 Å². The maximum Gasteiger partial charge on any atom is 0.336 e. The molecule has 3 heterocycles. The molecule has 1 atom stereocenters. The molecule has 0 unspecified atom stereocenters. The summed E-state index contributed by atoms with van der Waals surface area (Å²) in [6.07, 6.45) is 1.30. The lowest BCUT2D eigenvalue weighted by atomic mass is 10.0. The van der Waals surface area contributed by atoms with Gasteiger partial charge < -0.3 is 23.0 Å². The Labute approximate surface area is 144 Å². The van der Waals surface area contributed by atoms with Gasteiger partial charge in [0.15, 0.2) is 17.0 Å². The van der Waals surface area contributed by atoms with Crippen molar-refractivity contribution in [3.8, 4) is 5.75 Å². The molecule has 25 heavy (non-hydrogen) atoms. The minimum atomic E-state index is -0.678. The minimum Gasteiger partial charge on any atom is -0.483 e. The van der Waals surface area contributed by atoms with E-state index in [0.717, 1.165) is 10.8 Å². The molecule has 1 aliphatic rings. The van der Waals surface area contributed by atoms with Gasteiger partial charge in [0.25, 0.3) is 0 Å². The first-order chi connectivity index (χ1) is 11.8. The van der Waals surface area contributed by atoms with Gasteiger partial charge in [-0.1, -0.05) is 0 Å². The van der Waals surface area contributed by atoms with Crippen molar-refractivity contribution in [1.29, 1.82) is 0 Å². The van der Waals surface area contributed by atoms with Crippen molar-refractivity contribution in [3.05, 3.63) is 40.9 Å². The van der Waals surface area contributed by atoms with Crippen LogP contribution in [-0.2, 0) is 9.47 Å². The number of furan rings is 1. The highest BCUT2D eigenvalue weighted by Crippen LogP contribution is 2.38. The molecule has 0 bridgehead atoms. The highest BCUT2D eigenvalue weighted by atomic mass is 16.8. The predicted octanol–water partition coefficient (Wildman–Crippen LogP) is 3.85. The monoisotopic (exact) mass is 344 g/mol. The summed E-state index contributed by atoms with van der Waals surface area (Å²) in [5.74, 6) is -0.276. The minimum absolute atomic E-state index is 0.240. The average Bonchev–Trinajstić information content (AvgIpc) is 3.04. The Kier molecular flexibility index (Phi) is 3.46. The van der Waals surface area contributed by atoms with E-state index in [0.29, 0.717) is 16.9 Å². The van der Waals surface area contributed by atoms with Crippen LogP contribution in [0.1, 0.15) is 27.7 Å². The molecule has 4 rings (SSSR count). The Morgan fingerprint density at radius 3 is 2.56 bits per heavy atom. The van der Waals surface area contributed by atoms with Gasteiger partial charge in [0.05, 0.1) is 11.9 Å². The van der Waals surface area contributed by atoms with Gasteiger partial charge in [-0.2, -0.15) is 0 Å². The molecule has 2 aromatic heterocycles. The molecule has 1 aliphatic heterocycles. The summed E-state index contributed by atoms with van der Waals surface area (Å²) in [5, 5.41) is 1.64. The van der Waals surface area contributed by atoms with Gasteiger partial charge in [-0.05, 0) is 45.9 Å². The van der Waals surface area contributed by atoms with Crippen LogP contribution in [0.2, 0.25) is 0 Å². The Hall–Kier alpha value is -2.31. The van der Waals surface area contributed by atoms with E-state index in [9.17, 15) is 4.79 Å². The number of ether oxygens (including phenoxy) is 3. The van der Waals surface area contributed by atoms with Crippen LogP contribution in [0.5, 0.6) is 5.75 Å². The van der Waals surface area contributed by atoms with Crippen molar-refractivity contribution in [2.45, 2.75) is 45.2 Å². The molecule has 1 saturated heterocycles. The third kappa shape index (κ3) is 2.81. The van der Waals surface area contributed by atoms with Crippen LogP contribution in [0.15, 0.2) is 44.2 Å². The zero-order chi connectivity index (χ0) is 17.8. The number of benzene rings is 1. The summed E-state index contributed by atoms with van der Waals surface area (Å²) in [7, 11) is 0. The van der Waals surface area contributed by atoms with Crippen LogP contribution in [-0.4, -0.2) is 24.1 Å². The Morgan fingerprint density at radius 1 is 1.08 bits per heavy atom. The van der Waals surface area contributed by atoms with E-state index in [1.165, 1.54) is 6.07 Å². The Bertz CT molecular complexity index is 994. The fourth-order valence-electron chi connectivity index (χ4n) is 3.34. The summed E-state index contributed by atoms with van der Waals surface area (Å²) in [6, 6.07) is 6.83. The zero-order valence-corrected chi connectivity index (χ0v) is 14.6. The van der Waals surface area contributed by atoms with Gasteiger partial charge in [-0.15, -0.1) is 0 Å². The first kappa shape index (κ1) is 16.2. The van der Waals surface area contributed by atoms with Crippen molar-refractivity contribution >= 4 is 21.9 Å². The molecule has 6 heteroatoms. The van der Waals surface area contributed by atoms with Crippen molar-refractivity contribution < 1.29 is 23.0 Å². The molecule has 1 aromatic carbocycles. The van der Waals surface area contributed by atoms with Crippen molar-refractivity contribution in [3.63, 3.8) is 0 Å². The lowest BCUT2D eigenvalue weighted by Crippen LogP contribution is -2.37. The second-order valence-corrected chi connectivity index (χ2v) is 7.24. The fraction of sp³-hybridized carbons (Fsp3) is 0.421. The highest BCUT2D eigenvalue weighted by Gasteiger charge is 2.47. The summed E-state index contributed by atoms with van der Waals surface area (Å²) < 4.78 is 28.8. The van der Waals surface area contributed by atoms with E-state index < -0.39 is 17.0 Å². The largest absolute Gasteiger partial charge is 0.483 e. The van der Waals surface area contributed by atoms with E-state index in [1.54, 1.807) is 12.3 Å². The van der Waals surface area contributed by atoms with E-state index in [1.807, 2.05) is 39.8 Å². The molecule has 0 saturated carbocycles. The van der Waals surface area contributed by atoms with Crippen LogP contribution in [0.25, 0.3) is 21.9 Å². The molecule has 1 fully saturated rings. The normalized spacial score (nSPS) is 21.8. The van der Waals surface area contributed by atoms with E-state index in [2.05, 4.69) is 0 Å². The Balaban J connectivity index is 1.74. The summed E-state index contributed by atoms with van der Waals surface area (Å²) in [4.78, 5) is 11.7. The number of fused-ring (bicyclic) bond motifs is 2. The second-order valence-electron chi connectivity index (χ2n) is 7.24. The van der Waals surface area contributed by atoms with Gasteiger partial charge in [0, 0.05) is 16.8 Å². The quantitative estimate of drug-likeness (QED) is 0.672. The third-order valence-corrected chi connectivity index (χ3v) is 4.37. The van der Waals surface area contributed by atoms with Crippen LogP contribution in [0.3, 0.4) is 0 Å². The number of rotatable bonds is 3. The summed E-state index contributed by atoms with van der Waals surface area (Å²) in [6.45, 7) is 7.90. The maximum atomic E-state index is 11.7. The third-order valence-electron chi connectivity index (χ3n) is 4.37. The van der Waals surface area contributed by atoms with Gasteiger partial charge in [0.1, 0.15) is 12.7 Å². The fourth-order valence-corrected chi connectivity index (χ4v) is 3.34. The van der Waals surface area contributed by atoms with Crippen LogP contribution >= 0.6 is 0 Å². The van der Waals surface area contributed by atoms with E-state index >= 15 is 0 Å². The highest BCUT2D eigenvalue weighted by molar-refractivity contribution is 5.99. The molecule has 0 radical (unpaired) electrons. The average molecular weight is 344 g/mol. The standard InChI is InChI=1S/C19H20O6/c1-18(2)13(24-19(3,4)25-18)10-22-17-15-12(7-8-21-15)9-11-5-6-14(20)23-16(11)17/h5-9,13H,10H2,1-4H3/t13-/m1/s1. The van der Waals surface area contributed by atoms with Crippen molar-refractivity contribution in [2.24, 2.45) is 0 Å². The molecule has 0 N–H and O–H groups in total. The molecule has 0 aliphatic carbocycles. The van der Waals surface area contributed by atoms with Gasteiger partial charge in [-0.3, -0.25) is 0 Å². The molecule has 6 nitrogen and oxygen atoms in total. The first-order valence-electron chi connectivity index (χ1n) is 8.20. The van der Waals surface area contributed by atoms with Crippen LogP contribution < -0.4 is 10.4 Å². The lowest BCUT2D eigenvalue weighted by molar-refractivity contribution is -0.158. The zero-order valence-electron chi connectivity index (χ0n) is 14.6. The second kappa shape index (κ2) is 5.34. The topological polar surface area (TPSA) is 71.0 Å². The summed E-state index contributed by atoms with van der Waals surface area (Å²) >= 11 is 0. The summed E-state index contributed by atoms with van der Waals surface area (Å²) in [5.41, 5.74) is -0.0362. The predicted molar refractivity (Wildman–Crippen MR) is 91.9 cm³/mol. The van der Waals surface area contributed by atoms with Crippen LogP contribution in [0.4, 0.5) is 0 Å². The van der Waals surface area contributed by atoms with E-state index in [4.69, 9.17) is 23.0 Å². The number of hydrogen-bond donors (Lipinski definition) is 0. The van der Waals surface area contributed by atoms with E-state index in [-0.39, 0.29) is 12.7 Å². The van der Waals surface area contributed by atoms with Gasteiger partial charge in [0.2, 0.25) is 5.75 Å². The van der Waals surface area contributed by atoms with Crippen LogP contribution in [0, 0.1) is 0 Å². The molecule has 132 valence electrons. The van der Waals surface area contributed by atoms with Gasteiger partial charge in [-0.25, -0.2) is 4.79 Å². The molecule has 0 amide bonds. The Morgan fingerprint density at radius 2 is 1.84 bits per heavy atom. The first-order valence-corrected chi connectivity index (χ1v) is 8.20. The van der Waals surface area contributed by atoms with Gasteiger partial charge >= 0.3 is 5.63 Å². The number of hydrogen-bond acceptors (Lipinski definition) is 6. The smallest absolute Gasteiger partial charge is 0.336 e. The maximum absolute atomic E-state index is 11.7. The SMILES string of the molecule is CC1(C)O[C@H](COc2c3occc3cc3ccc(=O)oc23)C(C)(C)O1. The van der Waals surface area contributed by atoms with Crippen molar-refractivity contribution in [2.75, 3.05) is 6.61 Å². The molecular formula is C19H20O6. The lowest BCUT2D eigenvalue weighted by Gasteiger charge is -2.24. The molecule has 3 aromatic rings.